The predicted octanol–water partition coefficient (Wildman–Crippen LogP) is 21.5. The van der Waals surface area contributed by atoms with Crippen molar-refractivity contribution < 1.29 is 50.0 Å². The van der Waals surface area contributed by atoms with E-state index in [-0.39, 0.29) is 12.8 Å². The minimum Gasteiger partial charge on any atom is -0.394 e. The molecule has 8 N–H and O–H groups in total. The lowest BCUT2D eigenvalue weighted by Gasteiger charge is -2.40. The Hall–Kier alpha value is -1.41. The molecule has 93 heavy (non-hydrogen) atoms. The highest BCUT2D eigenvalue weighted by Crippen LogP contribution is 2.25. The summed E-state index contributed by atoms with van der Waals surface area (Å²) >= 11 is 0. The second kappa shape index (κ2) is 70.5. The largest absolute Gasteiger partial charge is 0.394 e. The van der Waals surface area contributed by atoms with Crippen molar-refractivity contribution in [1.82, 2.24) is 5.32 Å². The fourth-order valence-electron chi connectivity index (χ4n) is 13.7. The number of hydrogen-bond donors (Lipinski definition) is 8. The van der Waals surface area contributed by atoms with Gasteiger partial charge in [0, 0.05) is 0 Å². The average molecular weight is 1320 g/mol. The number of aliphatic hydroxyl groups is 7. The van der Waals surface area contributed by atoms with Crippen LogP contribution >= 0.6 is 0 Å². The molecule has 552 valence electrons. The number of unbranched alkanes of at least 4 members (excludes halogenated alkanes) is 58. The third kappa shape index (κ3) is 57.1. The van der Waals surface area contributed by atoms with Crippen LogP contribution in [0.5, 0.6) is 0 Å². The van der Waals surface area contributed by atoms with Gasteiger partial charge in [-0.2, -0.15) is 0 Å². The van der Waals surface area contributed by atoms with E-state index in [9.17, 15) is 40.5 Å². The Bertz CT molecular complexity index is 1560. The molecule has 1 aliphatic rings. The number of carbonyl (C=O) groups excluding carboxylic acids is 1. The van der Waals surface area contributed by atoms with Crippen molar-refractivity contribution in [2.75, 3.05) is 13.2 Å². The van der Waals surface area contributed by atoms with Crippen LogP contribution < -0.4 is 5.32 Å². The van der Waals surface area contributed by atoms with E-state index in [1.165, 1.54) is 347 Å². The molecule has 1 aliphatic heterocycles. The van der Waals surface area contributed by atoms with Crippen LogP contribution in [0.4, 0.5) is 0 Å². The smallest absolute Gasteiger partial charge is 0.249 e. The first-order valence-corrected chi connectivity index (χ1v) is 41.2. The zero-order chi connectivity index (χ0) is 67.4. The maximum absolute atomic E-state index is 13.3. The maximum Gasteiger partial charge on any atom is 0.249 e. The van der Waals surface area contributed by atoms with Gasteiger partial charge in [0.2, 0.25) is 5.91 Å². The van der Waals surface area contributed by atoms with Crippen molar-refractivity contribution in [2.24, 2.45) is 0 Å². The van der Waals surface area contributed by atoms with Gasteiger partial charge in [-0.3, -0.25) is 4.79 Å². The summed E-state index contributed by atoms with van der Waals surface area (Å²) in [5.41, 5.74) is 0. The van der Waals surface area contributed by atoms with Gasteiger partial charge in [0.25, 0.3) is 0 Å². The monoisotopic (exact) mass is 1320 g/mol. The fraction of sp³-hybridized carbons (Fsp3) is 0.939. The van der Waals surface area contributed by atoms with Gasteiger partial charge in [-0.1, -0.05) is 385 Å². The number of amides is 1. The topological polar surface area (TPSA) is 189 Å². The summed E-state index contributed by atoms with van der Waals surface area (Å²) in [4.78, 5) is 13.3. The summed E-state index contributed by atoms with van der Waals surface area (Å²) in [6.07, 6.45) is 80.3. The standard InChI is InChI=1S/C82H159NO10/c1-3-5-7-9-11-13-15-17-19-21-23-25-27-29-31-33-35-36-37-38-39-40-42-44-46-48-50-52-54-56-58-60-62-64-66-68-70-75(86)81(91)83-73(72-92-82-80(90)79(89)78(88)76(71-84)93-82)77(87)74(85)69-67-65-63-61-59-57-55-53-51-49-47-45-43-41-34-32-30-28-26-24-22-20-18-16-14-12-10-8-6-4-2/h36-37,61,63,73-80,82,84-90H,3-35,38-60,62,64-72H2,1-2H3,(H,83,91)/b37-36-,63-61+. The Morgan fingerprint density at radius 1 is 0.366 bits per heavy atom. The maximum atomic E-state index is 13.3. The minimum absolute atomic E-state index is 0.258. The molecule has 0 aromatic heterocycles. The van der Waals surface area contributed by atoms with Crippen molar-refractivity contribution in [3.8, 4) is 0 Å². The Kier molecular flexibility index (Phi) is 67.9. The second-order valence-electron chi connectivity index (χ2n) is 29.2. The molecular formula is C82H159NO10. The van der Waals surface area contributed by atoms with E-state index >= 15 is 0 Å². The van der Waals surface area contributed by atoms with Crippen LogP contribution in [-0.4, -0.2) is 110 Å². The van der Waals surface area contributed by atoms with E-state index in [0.29, 0.717) is 12.8 Å². The van der Waals surface area contributed by atoms with Gasteiger partial charge >= 0.3 is 0 Å². The Balaban J connectivity index is 2.12. The van der Waals surface area contributed by atoms with Gasteiger partial charge in [-0.15, -0.1) is 0 Å². The van der Waals surface area contributed by atoms with Crippen molar-refractivity contribution in [3.05, 3.63) is 24.3 Å². The van der Waals surface area contributed by atoms with Crippen molar-refractivity contribution in [1.29, 1.82) is 0 Å². The van der Waals surface area contributed by atoms with Crippen LogP contribution in [0.1, 0.15) is 425 Å². The van der Waals surface area contributed by atoms with E-state index in [4.69, 9.17) is 9.47 Å². The number of allylic oxidation sites excluding steroid dienone is 4. The lowest BCUT2D eigenvalue weighted by molar-refractivity contribution is -0.303. The highest BCUT2D eigenvalue weighted by molar-refractivity contribution is 5.80. The lowest BCUT2D eigenvalue weighted by atomic mass is 9.98. The molecule has 1 amide bonds. The summed E-state index contributed by atoms with van der Waals surface area (Å²) in [5.74, 6) is -0.698. The molecule has 0 saturated carbocycles. The molecule has 0 spiro atoms. The molecular weight excluding hydrogens is 1160 g/mol. The van der Waals surface area contributed by atoms with E-state index < -0.39 is 74.2 Å². The molecule has 1 saturated heterocycles. The summed E-state index contributed by atoms with van der Waals surface area (Å²) in [6.45, 7) is 3.52. The van der Waals surface area contributed by atoms with Gasteiger partial charge in [0.15, 0.2) is 6.29 Å². The van der Waals surface area contributed by atoms with E-state index in [2.05, 4.69) is 43.5 Å². The Morgan fingerprint density at radius 2 is 0.634 bits per heavy atom. The fourth-order valence-corrected chi connectivity index (χ4v) is 13.7. The van der Waals surface area contributed by atoms with Crippen molar-refractivity contribution in [3.63, 3.8) is 0 Å². The highest BCUT2D eigenvalue weighted by atomic mass is 16.7. The van der Waals surface area contributed by atoms with Crippen LogP contribution in [0.2, 0.25) is 0 Å². The van der Waals surface area contributed by atoms with Gasteiger partial charge in [0.05, 0.1) is 25.4 Å². The molecule has 1 heterocycles. The highest BCUT2D eigenvalue weighted by Gasteiger charge is 2.44. The molecule has 0 radical (unpaired) electrons. The quantitative estimate of drug-likeness (QED) is 0.0215. The minimum atomic E-state index is -1.67. The van der Waals surface area contributed by atoms with Gasteiger partial charge in [-0.05, 0) is 64.2 Å². The molecule has 1 rings (SSSR count). The van der Waals surface area contributed by atoms with E-state index in [1.807, 2.05) is 0 Å². The number of hydrogen-bond acceptors (Lipinski definition) is 10. The van der Waals surface area contributed by atoms with Crippen LogP contribution in [0, 0.1) is 0 Å². The van der Waals surface area contributed by atoms with E-state index in [1.54, 1.807) is 0 Å². The normalized spacial score (nSPS) is 18.3. The van der Waals surface area contributed by atoms with Crippen LogP contribution in [-0.2, 0) is 14.3 Å². The van der Waals surface area contributed by atoms with Crippen LogP contribution in [0.25, 0.3) is 0 Å². The van der Waals surface area contributed by atoms with Gasteiger partial charge in [0.1, 0.15) is 36.6 Å². The zero-order valence-corrected chi connectivity index (χ0v) is 61.5. The number of aliphatic hydroxyl groups excluding tert-OH is 7. The molecule has 0 bridgehead atoms. The van der Waals surface area contributed by atoms with Gasteiger partial charge in [-0.25, -0.2) is 0 Å². The molecule has 0 aromatic carbocycles. The van der Waals surface area contributed by atoms with Crippen molar-refractivity contribution >= 4 is 5.91 Å². The Labute approximate surface area is 575 Å². The van der Waals surface area contributed by atoms with Crippen molar-refractivity contribution in [2.45, 2.75) is 480 Å². The number of nitrogens with one attached hydrogen (secondary N) is 1. The average Bonchev–Trinajstić information content (AvgIpc) is 1.04. The molecule has 9 unspecified atom stereocenters. The summed E-state index contributed by atoms with van der Waals surface area (Å²) in [5, 5.41) is 76.7. The number of rotatable bonds is 74. The molecule has 0 aromatic rings. The third-order valence-electron chi connectivity index (χ3n) is 20.2. The summed E-state index contributed by atoms with van der Waals surface area (Å²) in [7, 11) is 0. The van der Waals surface area contributed by atoms with Gasteiger partial charge < -0.3 is 50.5 Å². The molecule has 11 nitrogen and oxygen atoms in total. The first kappa shape index (κ1) is 89.6. The van der Waals surface area contributed by atoms with E-state index in [0.717, 1.165) is 38.5 Å². The lowest BCUT2D eigenvalue weighted by Crippen LogP contribution is -2.60. The zero-order valence-electron chi connectivity index (χ0n) is 61.5. The predicted molar refractivity (Wildman–Crippen MR) is 395 cm³/mol. The molecule has 9 atom stereocenters. The second-order valence-corrected chi connectivity index (χ2v) is 29.2. The van der Waals surface area contributed by atoms with Crippen LogP contribution in [0.15, 0.2) is 24.3 Å². The first-order chi connectivity index (χ1) is 45.7. The molecule has 1 fully saturated rings. The molecule has 11 heteroatoms. The number of carbonyl (C=O) groups is 1. The Morgan fingerprint density at radius 3 is 0.925 bits per heavy atom. The first-order valence-electron chi connectivity index (χ1n) is 41.2. The molecule has 0 aliphatic carbocycles. The number of ether oxygens (including phenoxy) is 2. The third-order valence-corrected chi connectivity index (χ3v) is 20.2. The summed E-state index contributed by atoms with van der Waals surface area (Å²) < 4.78 is 11.2. The van der Waals surface area contributed by atoms with Crippen LogP contribution in [0.3, 0.4) is 0 Å². The SMILES string of the molecule is CCCCCCCCCCCCCCCCCC/C=C\CCCCCCCCCCCCCCCCCCC(O)C(=O)NC(COC1OC(CO)C(O)C(O)C1O)C(O)C(O)CCC/C=C/CCCCCCCCCCCCCCCCCCCCCCCCCCC. The summed E-state index contributed by atoms with van der Waals surface area (Å²) in [6, 6.07) is -1.19.